The molecule has 1 aliphatic carbocycles. The zero-order chi connectivity index (χ0) is 18.5. The van der Waals surface area contributed by atoms with E-state index in [1.54, 1.807) is 0 Å². The van der Waals surface area contributed by atoms with E-state index in [4.69, 9.17) is 0 Å². The molecule has 0 saturated carbocycles. The SMILES string of the molecule is CC.Cc1ccc(C)cc1.c1ccc2c(c1)-c1cccc3cccc-2c13. The second-order valence-electron chi connectivity index (χ2n) is 6.41. The van der Waals surface area contributed by atoms with E-state index >= 15 is 0 Å². The van der Waals surface area contributed by atoms with Crippen molar-refractivity contribution in [3.63, 3.8) is 0 Å². The van der Waals surface area contributed by atoms with Gasteiger partial charge < -0.3 is 0 Å². The highest BCUT2D eigenvalue weighted by atomic mass is 14.2. The van der Waals surface area contributed by atoms with Crippen molar-refractivity contribution < 1.29 is 0 Å². The first-order valence-electron chi connectivity index (χ1n) is 9.39. The molecule has 0 N–H and O–H groups in total. The molecule has 26 heavy (non-hydrogen) atoms. The molecule has 0 fully saturated rings. The van der Waals surface area contributed by atoms with E-state index in [2.05, 4.69) is 98.8 Å². The van der Waals surface area contributed by atoms with Gasteiger partial charge >= 0.3 is 0 Å². The standard InChI is InChI=1S/C16H10.C8H10.C2H6/c1-2-8-13-12(7-1)14-9-3-5-11-6-4-10-15(13)16(11)14;1-7-3-5-8(2)6-4-7;1-2/h1-10H;3-6H,1-2H3;1-2H3. The molecule has 5 rings (SSSR count). The largest absolute Gasteiger partial charge is 0.0683 e. The minimum absolute atomic E-state index is 1.33. The lowest BCUT2D eigenvalue weighted by Crippen LogP contribution is -1.73. The second kappa shape index (κ2) is 8.01. The van der Waals surface area contributed by atoms with Gasteiger partial charge in [-0.1, -0.05) is 110 Å². The lowest BCUT2D eigenvalue weighted by Gasteiger charge is -2.00. The summed E-state index contributed by atoms with van der Waals surface area (Å²) >= 11 is 0. The molecule has 0 heteroatoms. The Kier molecular flexibility index (Phi) is 5.53. The Labute approximate surface area is 157 Å². The van der Waals surface area contributed by atoms with Crippen LogP contribution < -0.4 is 0 Å². The summed E-state index contributed by atoms with van der Waals surface area (Å²) in [6.45, 7) is 8.19. The lowest BCUT2D eigenvalue weighted by atomic mass is 10.0. The normalized spacial score (nSPS) is 10.3. The van der Waals surface area contributed by atoms with Crippen LogP contribution in [-0.2, 0) is 0 Å². The predicted molar refractivity (Wildman–Crippen MR) is 116 cm³/mol. The zero-order valence-electron chi connectivity index (χ0n) is 16.1. The van der Waals surface area contributed by atoms with E-state index < -0.39 is 0 Å². The molecule has 0 aliphatic heterocycles. The van der Waals surface area contributed by atoms with E-state index in [0.717, 1.165) is 0 Å². The Morgan fingerprint density at radius 1 is 0.423 bits per heavy atom. The first-order chi connectivity index (χ1) is 12.7. The lowest BCUT2D eigenvalue weighted by molar-refractivity contribution is 1.40. The maximum Gasteiger partial charge on any atom is -0.00264 e. The van der Waals surface area contributed by atoms with Crippen molar-refractivity contribution in [2.45, 2.75) is 27.7 Å². The van der Waals surface area contributed by atoms with Crippen LogP contribution in [0.25, 0.3) is 33.0 Å². The molecule has 0 spiro atoms. The highest BCUT2D eigenvalue weighted by Crippen LogP contribution is 2.46. The topological polar surface area (TPSA) is 0 Å². The summed E-state index contributed by atoms with van der Waals surface area (Å²) in [6.07, 6.45) is 0. The Bertz CT molecular complexity index is 929. The van der Waals surface area contributed by atoms with Gasteiger partial charge in [-0.15, -0.1) is 0 Å². The minimum atomic E-state index is 1.33. The van der Waals surface area contributed by atoms with Gasteiger partial charge in [0.2, 0.25) is 0 Å². The number of rotatable bonds is 0. The summed E-state index contributed by atoms with van der Waals surface area (Å²) in [6, 6.07) is 30.2. The highest BCUT2D eigenvalue weighted by molar-refractivity contribution is 6.15. The van der Waals surface area contributed by atoms with Crippen LogP contribution in [0.1, 0.15) is 25.0 Å². The number of fused-ring (bicyclic) bond motifs is 3. The van der Waals surface area contributed by atoms with Crippen molar-refractivity contribution in [2.24, 2.45) is 0 Å². The van der Waals surface area contributed by atoms with E-state index in [9.17, 15) is 0 Å². The van der Waals surface area contributed by atoms with Gasteiger partial charge in [-0.2, -0.15) is 0 Å². The average Bonchev–Trinajstić information content (AvgIpc) is 3.03. The molecule has 0 aromatic heterocycles. The molecule has 1 aliphatic rings. The Hall–Kier alpha value is -2.86. The Balaban J connectivity index is 0.000000167. The van der Waals surface area contributed by atoms with Crippen molar-refractivity contribution in [3.05, 3.63) is 96.1 Å². The van der Waals surface area contributed by atoms with Gasteiger partial charge in [-0.25, -0.2) is 0 Å². The summed E-state index contributed by atoms with van der Waals surface area (Å²) in [5, 5.41) is 2.75. The molecule has 0 saturated heterocycles. The van der Waals surface area contributed by atoms with Crippen molar-refractivity contribution in [2.75, 3.05) is 0 Å². The van der Waals surface area contributed by atoms with Gasteiger partial charge in [-0.3, -0.25) is 0 Å². The maximum atomic E-state index is 2.22. The number of hydrogen-bond acceptors (Lipinski definition) is 0. The van der Waals surface area contributed by atoms with Crippen LogP contribution in [0.2, 0.25) is 0 Å². The molecule has 0 radical (unpaired) electrons. The smallest absolute Gasteiger partial charge is 0.00264 e. The summed E-state index contributed by atoms with van der Waals surface area (Å²) in [5.41, 5.74) is 8.15. The number of benzene rings is 4. The van der Waals surface area contributed by atoms with Gasteiger partial charge in [0.05, 0.1) is 0 Å². The summed E-state index contributed by atoms with van der Waals surface area (Å²) in [4.78, 5) is 0. The molecular formula is C26H26. The van der Waals surface area contributed by atoms with E-state index in [1.165, 1.54) is 44.2 Å². The van der Waals surface area contributed by atoms with Gasteiger partial charge in [0, 0.05) is 0 Å². The first kappa shape index (κ1) is 17.9. The molecule has 0 heterocycles. The first-order valence-corrected chi connectivity index (χ1v) is 9.39. The molecular weight excluding hydrogens is 312 g/mol. The molecule has 0 bridgehead atoms. The molecule has 4 aromatic rings. The molecule has 0 atom stereocenters. The third kappa shape index (κ3) is 3.41. The van der Waals surface area contributed by atoms with Crippen molar-refractivity contribution in [1.29, 1.82) is 0 Å². The van der Waals surface area contributed by atoms with Crippen LogP contribution in [0, 0.1) is 13.8 Å². The van der Waals surface area contributed by atoms with Crippen molar-refractivity contribution in [3.8, 4) is 22.3 Å². The van der Waals surface area contributed by atoms with Crippen LogP contribution in [0.4, 0.5) is 0 Å². The van der Waals surface area contributed by atoms with E-state index in [-0.39, 0.29) is 0 Å². The predicted octanol–water partition coefficient (Wildman–Crippen LogP) is 7.82. The average molecular weight is 338 g/mol. The van der Waals surface area contributed by atoms with E-state index in [1.807, 2.05) is 13.8 Å². The van der Waals surface area contributed by atoms with Crippen LogP contribution in [0.5, 0.6) is 0 Å². The van der Waals surface area contributed by atoms with Crippen LogP contribution in [0.3, 0.4) is 0 Å². The molecule has 0 unspecified atom stereocenters. The summed E-state index contributed by atoms with van der Waals surface area (Å²) < 4.78 is 0. The van der Waals surface area contributed by atoms with E-state index in [0.29, 0.717) is 0 Å². The minimum Gasteiger partial charge on any atom is -0.0683 e. The monoisotopic (exact) mass is 338 g/mol. The van der Waals surface area contributed by atoms with Gasteiger partial charge in [0.15, 0.2) is 0 Å². The zero-order valence-corrected chi connectivity index (χ0v) is 16.1. The Morgan fingerprint density at radius 2 is 0.808 bits per heavy atom. The van der Waals surface area contributed by atoms with Crippen LogP contribution in [-0.4, -0.2) is 0 Å². The third-order valence-electron chi connectivity index (χ3n) is 4.63. The second-order valence-corrected chi connectivity index (χ2v) is 6.41. The fourth-order valence-electron chi connectivity index (χ4n) is 3.38. The van der Waals surface area contributed by atoms with Gasteiger partial charge in [0.1, 0.15) is 0 Å². The molecule has 4 aromatic carbocycles. The molecule has 0 amide bonds. The maximum absolute atomic E-state index is 2.22. The molecule has 0 nitrogen and oxygen atoms in total. The van der Waals surface area contributed by atoms with Gasteiger partial charge in [-0.05, 0) is 46.9 Å². The van der Waals surface area contributed by atoms with Gasteiger partial charge in [0.25, 0.3) is 0 Å². The quantitative estimate of drug-likeness (QED) is 0.270. The summed E-state index contributed by atoms with van der Waals surface area (Å²) in [7, 11) is 0. The Morgan fingerprint density at radius 3 is 1.23 bits per heavy atom. The number of aryl methyl sites for hydroxylation is 2. The fraction of sp³-hybridized carbons (Fsp3) is 0.154. The highest BCUT2D eigenvalue weighted by Gasteiger charge is 2.19. The number of hydrogen-bond donors (Lipinski definition) is 0. The van der Waals surface area contributed by atoms with Crippen LogP contribution in [0.15, 0.2) is 84.9 Å². The van der Waals surface area contributed by atoms with Crippen molar-refractivity contribution >= 4 is 10.8 Å². The third-order valence-corrected chi connectivity index (χ3v) is 4.63. The van der Waals surface area contributed by atoms with Crippen LogP contribution >= 0.6 is 0 Å². The van der Waals surface area contributed by atoms with Crippen molar-refractivity contribution in [1.82, 2.24) is 0 Å². The molecule has 130 valence electrons. The summed E-state index contributed by atoms with van der Waals surface area (Å²) in [5.74, 6) is 0. The fourth-order valence-corrected chi connectivity index (χ4v) is 3.38.